The first-order chi connectivity index (χ1) is 13.5. The number of esters is 1. The second-order valence-corrected chi connectivity index (χ2v) is 6.45. The van der Waals surface area contributed by atoms with Gasteiger partial charge in [-0.1, -0.05) is 49.4 Å². The molecule has 28 heavy (non-hydrogen) atoms. The first-order valence-electron chi connectivity index (χ1n) is 9.39. The van der Waals surface area contributed by atoms with E-state index in [1.807, 2.05) is 48.5 Å². The van der Waals surface area contributed by atoms with Gasteiger partial charge in [-0.05, 0) is 42.7 Å². The molecule has 148 valence electrons. The van der Waals surface area contributed by atoms with Crippen molar-refractivity contribution < 1.29 is 19.1 Å². The van der Waals surface area contributed by atoms with Crippen LogP contribution in [0.5, 0.6) is 5.75 Å². The number of methoxy groups -OCH3 is 1. The largest absolute Gasteiger partial charge is 0.497 e. The zero-order valence-corrected chi connectivity index (χ0v) is 16.6. The summed E-state index contributed by atoms with van der Waals surface area (Å²) in [4.78, 5) is 24.2. The lowest BCUT2D eigenvalue weighted by Crippen LogP contribution is -2.37. The third-order valence-corrected chi connectivity index (χ3v) is 4.45. The summed E-state index contributed by atoms with van der Waals surface area (Å²) in [7, 11) is 1.58. The van der Waals surface area contributed by atoms with Crippen LogP contribution in [0.2, 0.25) is 0 Å². The maximum atomic E-state index is 12.3. The monoisotopic (exact) mass is 381 g/mol. The quantitative estimate of drug-likeness (QED) is 0.528. The first kappa shape index (κ1) is 21.2. The second kappa shape index (κ2) is 10.9. The van der Waals surface area contributed by atoms with E-state index in [0.717, 1.165) is 12.0 Å². The highest BCUT2D eigenvalue weighted by atomic mass is 16.5. The van der Waals surface area contributed by atoms with E-state index in [1.165, 1.54) is 11.6 Å². The van der Waals surface area contributed by atoms with E-state index in [1.54, 1.807) is 26.2 Å². The van der Waals surface area contributed by atoms with Gasteiger partial charge in [0.05, 0.1) is 7.11 Å². The third-order valence-electron chi connectivity index (χ3n) is 4.45. The average Bonchev–Trinajstić information content (AvgIpc) is 2.73. The Morgan fingerprint density at radius 2 is 1.86 bits per heavy atom. The molecule has 5 nitrogen and oxygen atoms in total. The predicted octanol–water partition coefficient (Wildman–Crippen LogP) is 3.95. The van der Waals surface area contributed by atoms with Gasteiger partial charge < -0.3 is 14.8 Å². The van der Waals surface area contributed by atoms with E-state index in [0.29, 0.717) is 12.3 Å². The van der Waals surface area contributed by atoms with Crippen LogP contribution in [-0.2, 0) is 14.3 Å². The highest BCUT2D eigenvalue weighted by Crippen LogP contribution is 2.18. The molecule has 0 aliphatic heterocycles. The molecule has 2 aromatic rings. The van der Waals surface area contributed by atoms with Gasteiger partial charge in [-0.25, -0.2) is 4.79 Å². The lowest BCUT2D eigenvalue weighted by molar-refractivity contribution is -0.150. The number of rotatable bonds is 9. The van der Waals surface area contributed by atoms with Crippen LogP contribution < -0.4 is 10.1 Å². The minimum Gasteiger partial charge on any atom is -0.497 e. The van der Waals surface area contributed by atoms with E-state index < -0.39 is 12.1 Å². The third kappa shape index (κ3) is 6.58. The van der Waals surface area contributed by atoms with E-state index in [-0.39, 0.29) is 11.8 Å². The van der Waals surface area contributed by atoms with Gasteiger partial charge in [-0.2, -0.15) is 0 Å². The van der Waals surface area contributed by atoms with Crippen molar-refractivity contribution in [3.8, 4) is 5.75 Å². The summed E-state index contributed by atoms with van der Waals surface area (Å²) in [5.41, 5.74) is 1.98. The Morgan fingerprint density at radius 1 is 1.11 bits per heavy atom. The van der Waals surface area contributed by atoms with Crippen LogP contribution >= 0.6 is 0 Å². The lowest BCUT2D eigenvalue weighted by Gasteiger charge is -2.18. The number of ether oxygens (including phenoxy) is 2. The normalized spacial score (nSPS) is 13.0. The Bertz CT molecular complexity index is 801. The molecular formula is C23H27NO4. The van der Waals surface area contributed by atoms with Crippen molar-refractivity contribution in [2.45, 2.75) is 32.3 Å². The fourth-order valence-electron chi connectivity index (χ4n) is 2.77. The summed E-state index contributed by atoms with van der Waals surface area (Å²) in [5, 5.41) is 2.87. The van der Waals surface area contributed by atoms with Crippen LogP contribution in [0.1, 0.15) is 37.3 Å². The van der Waals surface area contributed by atoms with Crippen LogP contribution in [0.25, 0.3) is 6.08 Å². The lowest BCUT2D eigenvalue weighted by atomic mass is 9.96. The van der Waals surface area contributed by atoms with Crippen molar-refractivity contribution in [3.63, 3.8) is 0 Å². The molecule has 0 bridgehead atoms. The number of hydrogen-bond acceptors (Lipinski definition) is 4. The SMILES string of the molecule is CC[C@H](CNC(=O)[C@@H](C)OC(=O)/C=C/c1cccc(OC)c1)c1ccccc1. The van der Waals surface area contributed by atoms with Gasteiger partial charge in [0.15, 0.2) is 6.10 Å². The van der Waals surface area contributed by atoms with E-state index in [9.17, 15) is 9.59 Å². The summed E-state index contributed by atoms with van der Waals surface area (Å²) in [6, 6.07) is 17.3. The molecule has 0 unspecified atom stereocenters. The molecule has 0 fully saturated rings. The zero-order valence-electron chi connectivity index (χ0n) is 16.6. The van der Waals surface area contributed by atoms with Crippen molar-refractivity contribution in [2.75, 3.05) is 13.7 Å². The molecule has 0 saturated carbocycles. The van der Waals surface area contributed by atoms with Gasteiger partial charge in [-0.3, -0.25) is 4.79 Å². The number of hydrogen-bond donors (Lipinski definition) is 1. The van der Waals surface area contributed by atoms with E-state index >= 15 is 0 Å². The van der Waals surface area contributed by atoms with Gasteiger partial charge in [0.1, 0.15) is 5.75 Å². The molecule has 0 spiro atoms. The summed E-state index contributed by atoms with van der Waals surface area (Å²) < 4.78 is 10.3. The van der Waals surface area contributed by atoms with Crippen LogP contribution in [0.15, 0.2) is 60.7 Å². The second-order valence-electron chi connectivity index (χ2n) is 6.45. The van der Waals surface area contributed by atoms with Crippen molar-refractivity contribution in [1.82, 2.24) is 5.32 Å². The van der Waals surface area contributed by atoms with Crippen LogP contribution in [0, 0.1) is 0 Å². The van der Waals surface area contributed by atoms with Gasteiger partial charge in [-0.15, -0.1) is 0 Å². The van der Waals surface area contributed by atoms with Crippen molar-refractivity contribution in [2.24, 2.45) is 0 Å². The topological polar surface area (TPSA) is 64.6 Å². The van der Waals surface area contributed by atoms with E-state index in [4.69, 9.17) is 9.47 Å². The van der Waals surface area contributed by atoms with Gasteiger partial charge >= 0.3 is 5.97 Å². The van der Waals surface area contributed by atoms with Crippen molar-refractivity contribution in [1.29, 1.82) is 0 Å². The molecule has 1 N–H and O–H groups in total. The Kier molecular flexibility index (Phi) is 8.28. The molecule has 1 amide bonds. The highest BCUT2D eigenvalue weighted by Gasteiger charge is 2.18. The van der Waals surface area contributed by atoms with Crippen LogP contribution in [0.3, 0.4) is 0 Å². The maximum Gasteiger partial charge on any atom is 0.331 e. The average molecular weight is 381 g/mol. The van der Waals surface area contributed by atoms with Gasteiger partial charge in [0, 0.05) is 18.5 Å². The molecular weight excluding hydrogens is 354 g/mol. The summed E-state index contributed by atoms with van der Waals surface area (Å²) in [5.74, 6) is 0.0475. The number of benzene rings is 2. The minimum atomic E-state index is -0.865. The van der Waals surface area contributed by atoms with Gasteiger partial charge in [0.2, 0.25) is 0 Å². The van der Waals surface area contributed by atoms with Gasteiger partial charge in [0.25, 0.3) is 5.91 Å². The minimum absolute atomic E-state index is 0.223. The highest BCUT2D eigenvalue weighted by molar-refractivity contribution is 5.90. The molecule has 0 saturated heterocycles. The molecule has 0 aliphatic carbocycles. The summed E-state index contributed by atoms with van der Waals surface area (Å²) >= 11 is 0. The number of carbonyl (C=O) groups is 2. The Morgan fingerprint density at radius 3 is 2.54 bits per heavy atom. The molecule has 2 atom stereocenters. The number of carbonyl (C=O) groups excluding carboxylic acids is 2. The predicted molar refractivity (Wildman–Crippen MR) is 110 cm³/mol. The molecule has 0 aliphatic rings. The standard InChI is InChI=1S/C23H27NO4/c1-4-19(20-10-6-5-7-11-20)16-24-23(26)17(2)28-22(25)14-13-18-9-8-12-21(15-18)27-3/h5-15,17,19H,4,16H2,1-3H3,(H,24,26)/b14-13+/t17-,19-/m1/s1. The maximum absolute atomic E-state index is 12.3. The molecule has 0 heterocycles. The molecule has 5 heteroatoms. The number of nitrogens with one attached hydrogen (secondary N) is 1. The summed E-state index contributed by atoms with van der Waals surface area (Å²) in [6.45, 7) is 4.15. The molecule has 0 aromatic heterocycles. The number of amides is 1. The Hall–Kier alpha value is -3.08. The van der Waals surface area contributed by atoms with Crippen molar-refractivity contribution in [3.05, 3.63) is 71.8 Å². The Labute approximate surface area is 166 Å². The van der Waals surface area contributed by atoms with E-state index in [2.05, 4.69) is 12.2 Å². The molecule has 0 radical (unpaired) electrons. The Balaban J connectivity index is 1.83. The van der Waals surface area contributed by atoms with Crippen molar-refractivity contribution >= 4 is 18.0 Å². The van der Waals surface area contributed by atoms with Crippen LogP contribution in [0.4, 0.5) is 0 Å². The first-order valence-corrected chi connectivity index (χ1v) is 9.39. The fraction of sp³-hybridized carbons (Fsp3) is 0.304. The fourth-order valence-corrected chi connectivity index (χ4v) is 2.77. The summed E-state index contributed by atoms with van der Waals surface area (Å²) in [6.07, 6.45) is 2.97. The smallest absolute Gasteiger partial charge is 0.331 e. The van der Waals surface area contributed by atoms with Crippen LogP contribution in [-0.4, -0.2) is 31.6 Å². The molecule has 2 aromatic carbocycles. The zero-order chi connectivity index (χ0) is 20.4. The molecule has 2 rings (SSSR count).